The molecule has 1 unspecified atom stereocenters. The third kappa shape index (κ3) is 7.02. The Labute approximate surface area is 164 Å². The molecule has 0 aliphatic heterocycles. The number of amides is 1. The highest BCUT2D eigenvalue weighted by molar-refractivity contribution is 5.92. The van der Waals surface area contributed by atoms with Crippen molar-refractivity contribution in [2.75, 3.05) is 32.6 Å². The third-order valence-electron chi connectivity index (χ3n) is 4.03. The number of hydrogen-bond donors (Lipinski definition) is 3. The molecule has 2 aromatic carbocycles. The number of hydrogen-bond acceptors (Lipinski definition) is 5. The lowest BCUT2D eigenvalue weighted by Gasteiger charge is -2.16. The largest absolute Gasteiger partial charge is 0.491 e. The second kappa shape index (κ2) is 10.4. The second-order valence-corrected chi connectivity index (χ2v) is 6.76. The Morgan fingerprint density at radius 2 is 1.79 bits per heavy atom. The number of carbonyl (C=O) groups is 2. The monoisotopic (exact) mass is 386 g/mol. The molecule has 0 fully saturated rings. The molecular weight excluding hydrogens is 360 g/mol. The zero-order valence-electron chi connectivity index (χ0n) is 16.1. The molecule has 0 saturated carbocycles. The summed E-state index contributed by atoms with van der Waals surface area (Å²) in [7, 11) is 3.75. The van der Waals surface area contributed by atoms with E-state index in [1.165, 1.54) is 6.07 Å². The molecule has 7 heteroatoms. The summed E-state index contributed by atoms with van der Waals surface area (Å²) in [5, 5.41) is 21.8. The van der Waals surface area contributed by atoms with Gasteiger partial charge in [-0.15, -0.1) is 0 Å². The number of aryl methyl sites for hydroxylation is 1. The van der Waals surface area contributed by atoms with Crippen molar-refractivity contribution in [2.24, 2.45) is 0 Å². The van der Waals surface area contributed by atoms with E-state index in [1.54, 1.807) is 42.5 Å². The number of nitrogens with zero attached hydrogens (tertiary/aromatic N) is 1. The van der Waals surface area contributed by atoms with Crippen LogP contribution in [0.15, 0.2) is 48.5 Å². The van der Waals surface area contributed by atoms with Crippen LogP contribution in [0.3, 0.4) is 0 Å². The number of carboxylic acids is 1. The number of benzene rings is 2. The standard InChI is InChI=1S/C21H26N2O5/c1-23(2)13-17(24)14-28-18-10-8-16(9-11-18)22-20(25)12-7-15-5-3-4-6-19(15)21(26)27/h3-6,8-11,17,24H,7,12-14H2,1-2H3,(H,22,25)(H,26,27). The smallest absolute Gasteiger partial charge is 0.335 e. The van der Waals surface area contributed by atoms with E-state index >= 15 is 0 Å². The number of likely N-dealkylation sites (N-methyl/N-ethyl adjacent to an activating group) is 1. The number of aliphatic hydroxyl groups excluding tert-OH is 1. The normalized spacial score (nSPS) is 11.9. The molecule has 0 aromatic heterocycles. The summed E-state index contributed by atoms with van der Waals surface area (Å²) < 4.78 is 5.52. The third-order valence-corrected chi connectivity index (χ3v) is 4.03. The van der Waals surface area contributed by atoms with Gasteiger partial charge in [-0.2, -0.15) is 0 Å². The van der Waals surface area contributed by atoms with Crippen LogP contribution in [-0.4, -0.2) is 60.3 Å². The Kier molecular flexibility index (Phi) is 7.98. The molecule has 2 rings (SSSR count). The van der Waals surface area contributed by atoms with Crippen molar-refractivity contribution >= 4 is 17.6 Å². The van der Waals surface area contributed by atoms with E-state index in [0.717, 1.165) is 0 Å². The van der Waals surface area contributed by atoms with E-state index in [9.17, 15) is 19.8 Å². The molecule has 7 nitrogen and oxygen atoms in total. The molecule has 0 aliphatic rings. The van der Waals surface area contributed by atoms with Crippen LogP contribution in [0.4, 0.5) is 5.69 Å². The number of aromatic carboxylic acids is 1. The van der Waals surface area contributed by atoms with E-state index < -0.39 is 12.1 Å². The van der Waals surface area contributed by atoms with Crippen molar-refractivity contribution in [1.82, 2.24) is 4.90 Å². The van der Waals surface area contributed by atoms with Gasteiger partial charge in [0, 0.05) is 18.7 Å². The van der Waals surface area contributed by atoms with Crippen LogP contribution in [0, 0.1) is 0 Å². The number of aliphatic hydroxyl groups is 1. The van der Waals surface area contributed by atoms with Gasteiger partial charge in [0.1, 0.15) is 18.5 Å². The van der Waals surface area contributed by atoms with Crippen LogP contribution in [0.1, 0.15) is 22.3 Å². The molecule has 0 bridgehead atoms. The number of nitrogens with one attached hydrogen (secondary N) is 1. The molecular formula is C21H26N2O5. The molecule has 1 atom stereocenters. The van der Waals surface area contributed by atoms with Crippen molar-refractivity contribution < 1.29 is 24.5 Å². The van der Waals surface area contributed by atoms with Crippen molar-refractivity contribution in [3.05, 3.63) is 59.7 Å². The lowest BCUT2D eigenvalue weighted by atomic mass is 10.0. The molecule has 1 amide bonds. The Morgan fingerprint density at radius 1 is 1.11 bits per heavy atom. The maximum Gasteiger partial charge on any atom is 0.335 e. The Morgan fingerprint density at radius 3 is 2.43 bits per heavy atom. The summed E-state index contributed by atoms with van der Waals surface area (Å²) >= 11 is 0. The fourth-order valence-corrected chi connectivity index (χ4v) is 2.72. The molecule has 0 saturated heterocycles. The Bertz CT molecular complexity index is 790. The predicted octanol–water partition coefficient (Wildman–Crippen LogP) is 2.26. The van der Waals surface area contributed by atoms with E-state index in [4.69, 9.17) is 4.74 Å². The van der Waals surface area contributed by atoms with Crippen molar-refractivity contribution in [2.45, 2.75) is 18.9 Å². The zero-order valence-corrected chi connectivity index (χ0v) is 16.1. The minimum atomic E-state index is -0.998. The van der Waals surface area contributed by atoms with Gasteiger partial charge in [0.05, 0.1) is 5.56 Å². The van der Waals surface area contributed by atoms with Crippen molar-refractivity contribution in [1.29, 1.82) is 0 Å². The zero-order chi connectivity index (χ0) is 20.5. The molecule has 150 valence electrons. The number of ether oxygens (including phenoxy) is 1. The van der Waals surface area contributed by atoms with E-state index in [1.807, 2.05) is 19.0 Å². The van der Waals surface area contributed by atoms with Crippen LogP contribution in [0.2, 0.25) is 0 Å². The maximum atomic E-state index is 12.1. The summed E-state index contributed by atoms with van der Waals surface area (Å²) in [6, 6.07) is 13.5. The summed E-state index contributed by atoms with van der Waals surface area (Å²) in [6.07, 6.45) is -0.0542. The first-order valence-electron chi connectivity index (χ1n) is 9.02. The fraction of sp³-hybridized carbons (Fsp3) is 0.333. The highest BCUT2D eigenvalue weighted by Crippen LogP contribution is 2.17. The SMILES string of the molecule is CN(C)CC(O)COc1ccc(NC(=O)CCc2ccccc2C(=O)O)cc1. The topological polar surface area (TPSA) is 99.1 Å². The summed E-state index contributed by atoms with van der Waals surface area (Å²) in [4.78, 5) is 25.2. The van der Waals surface area contributed by atoms with Crippen molar-refractivity contribution in [3.63, 3.8) is 0 Å². The molecule has 0 aliphatic carbocycles. The van der Waals surface area contributed by atoms with Gasteiger partial charge >= 0.3 is 5.97 Å². The van der Waals surface area contributed by atoms with Gasteiger partial charge in [-0.1, -0.05) is 18.2 Å². The molecule has 0 radical (unpaired) electrons. The lowest BCUT2D eigenvalue weighted by molar-refractivity contribution is -0.116. The number of rotatable bonds is 10. The van der Waals surface area contributed by atoms with Crippen LogP contribution >= 0.6 is 0 Å². The van der Waals surface area contributed by atoms with E-state index in [2.05, 4.69) is 5.32 Å². The molecule has 28 heavy (non-hydrogen) atoms. The predicted molar refractivity (Wildman–Crippen MR) is 107 cm³/mol. The van der Waals surface area contributed by atoms with Gasteiger partial charge < -0.3 is 25.2 Å². The van der Waals surface area contributed by atoms with Gasteiger partial charge in [0.25, 0.3) is 0 Å². The summed E-state index contributed by atoms with van der Waals surface area (Å²) in [5.41, 5.74) is 1.47. The van der Waals surface area contributed by atoms with E-state index in [-0.39, 0.29) is 24.5 Å². The average Bonchev–Trinajstić information content (AvgIpc) is 2.65. The van der Waals surface area contributed by atoms with Crippen LogP contribution in [-0.2, 0) is 11.2 Å². The van der Waals surface area contributed by atoms with Crippen LogP contribution < -0.4 is 10.1 Å². The average molecular weight is 386 g/mol. The fourth-order valence-electron chi connectivity index (χ4n) is 2.72. The highest BCUT2D eigenvalue weighted by Gasteiger charge is 2.11. The van der Waals surface area contributed by atoms with Crippen LogP contribution in [0.5, 0.6) is 5.75 Å². The number of carbonyl (C=O) groups excluding carboxylic acids is 1. The first-order chi connectivity index (χ1) is 13.3. The summed E-state index contributed by atoms with van der Waals surface area (Å²) in [6.45, 7) is 0.700. The van der Waals surface area contributed by atoms with Crippen molar-refractivity contribution in [3.8, 4) is 5.75 Å². The highest BCUT2D eigenvalue weighted by atomic mass is 16.5. The Hall–Kier alpha value is -2.90. The van der Waals surface area contributed by atoms with Gasteiger partial charge in [-0.3, -0.25) is 4.79 Å². The second-order valence-electron chi connectivity index (χ2n) is 6.76. The quantitative estimate of drug-likeness (QED) is 0.579. The Balaban J connectivity index is 1.82. The summed E-state index contributed by atoms with van der Waals surface area (Å²) in [5.74, 6) is -0.594. The van der Waals surface area contributed by atoms with E-state index in [0.29, 0.717) is 30.0 Å². The molecule has 2 aromatic rings. The lowest BCUT2D eigenvalue weighted by Crippen LogP contribution is -2.30. The number of anilines is 1. The minimum Gasteiger partial charge on any atom is -0.491 e. The first kappa shape index (κ1) is 21.4. The number of carboxylic acid groups (broad SMARTS) is 1. The molecule has 0 heterocycles. The van der Waals surface area contributed by atoms with Crippen LogP contribution in [0.25, 0.3) is 0 Å². The van der Waals surface area contributed by atoms with Gasteiger partial charge in [-0.05, 0) is 56.4 Å². The molecule has 0 spiro atoms. The van der Waals surface area contributed by atoms with Gasteiger partial charge in [-0.25, -0.2) is 4.79 Å². The van der Waals surface area contributed by atoms with Gasteiger partial charge in [0.15, 0.2) is 0 Å². The van der Waals surface area contributed by atoms with Gasteiger partial charge in [0.2, 0.25) is 5.91 Å². The maximum absolute atomic E-state index is 12.1. The first-order valence-corrected chi connectivity index (χ1v) is 9.02. The minimum absolute atomic E-state index is 0.180. The molecule has 3 N–H and O–H groups in total.